The molecule has 0 aliphatic carbocycles. The number of aryl methyl sites for hydroxylation is 2. The third-order valence-corrected chi connectivity index (χ3v) is 5.18. The molecule has 0 aromatic carbocycles. The smallest absolute Gasteiger partial charge is 0.158 e. The van der Waals surface area contributed by atoms with Gasteiger partial charge in [-0.05, 0) is 33.4 Å². The Morgan fingerprint density at radius 2 is 2.05 bits per heavy atom. The quantitative estimate of drug-likeness (QED) is 0.747. The van der Waals surface area contributed by atoms with E-state index in [2.05, 4.69) is 36.7 Å². The number of hydrogen-bond donors (Lipinski definition) is 0. The Morgan fingerprint density at radius 1 is 1.38 bits per heavy atom. The SMILES string of the molecule is CCCc1nn(C)c2c1nc(C(C)Cl)n2CC(C)(C)SC. The fraction of sp³-hybridized carbons (Fsp3) is 0.733. The molecule has 6 heteroatoms. The Morgan fingerprint density at radius 3 is 2.57 bits per heavy atom. The molecule has 2 aromatic rings. The maximum atomic E-state index is 6.37. The molecular formula is C15H25ClN4S. The number of hydrogen-bond acceptors (Lipinski definition) is 3. The van der Waals surface area contributed by atoms with Crippen molar-refractivity contribution in [2.75, 3.05) is 6.26 Å². The van der Waals surface area contributed by atoms with Crippen molar-refractivity contribution in [2.24, 2.45) is 7.05 Å². The highest BCUT2D eigenvalue weighted by Crippen LogP contribution is 2.31. The third kappa shape index (κ3) is 3.24. The van der Waals surface area contributed by atoms with Crippen LogP contribution in [0, 0.1) is 0 Å². The summed E-state index contributed by atoms with van der Waals surface area (Å²) in [7, 11) is 1.99. The van der Waals surface area contributed by atoms with Crippen molar-refractivity contribution >= 4 is 34.5 Å². The molecule has 0 saturated heterocycles. The molecule has 1 atom stereocenters. The van der Waals surface area contributed by atoms with Crippen LogP contribution in [0.5, 0.6) is 0 Å². The summed E-state index contributed by atoms with van der Waals surface area (Å²) < 4.78 is 4.32. The van der Waals surface area contributed by atoms with E-state index >= 15 is 0 Å². The predicted molar refractivity (Wildman–Crippen MR) is 92.4 cm³/mol. The van der Waals surface area contributed by atoms with E-state index in [4.69, 9.17) is 16.6 Å². The zero-order valence-corrected chi connectivity index (χ0v) is 15.3. The summed E-state index contributed by atoms with van der Waals surface area (Å²) in [5.41, 5.74) is 3.18. The second-order valence-corrected chi connectivity index (χ2v) is 8.30. The number of aromatic nitrogens is 4. The van der Waals surface area contributed by atoms with Gasteiger partial charge >= 0.3 is 0 Å². The van der Waals surface area contributed by atoms with Crippen LogP contribution in [0.4, 0.5) is 0 Å². The molecule has 21 heavy (non-hydrogen) atoms. The monoisotopic (exact) mass is 328 g/mol. The van der Waals surface area contributed by atoms with Crippen molar-refractivity contribution in [1.82, 2.24) is 19.3 Å². The molecule has 0 fully saturated rings. The van der Waals surface area contributed by atoms with Gasteiger partial charge in [-0.1, -0.05) is 13.3 Å². The largest absolute Gasteiger partial charge is 0.310 e. The van der Waals surface area contributed by atoms with Gasteiger partial charge in [0.25, 0.3) is 0 Å². The third-order valence-electron chi connectivity index (χ3n) is 3.76. The van der Waals surface area contributed by atoms with E-state index in [0.29, 0.717) is 0 Å². The number of rotatable bonds is 6. The van der Waals surface area contributed by atoms with Gasteiger partial charge in [-0.2, -0.15) is 16.9 Å². The van der Waals surface area contributed by atoms with Crippen molar-refractivity contribution in [3.63, 3.8) is 0 Å². The van der Waals surface area contributed by atoms with E-state index < -0.39 is 0 Å². The molecule has 2 heterocycles. The Balaban J connectivity index is 2.62. The summed E-state index contributed by atoms with van der Waals surface area (Å²) in [6, 6.07) is 0. The van der Waals surface area contributed by atoms with Crippen molar-refractivity contribution in [1.29, 1.82) is 0 Å². The van der Waals surface area contributed by atoms with Gasteiger partial charge in [0.2, 0.25) is 0 Å². The summed E-state index contributed by atoms with van der Waals surface area (Å²) in [5, 5.41) is 4.53. The number of alkyl halides is 1. The minimum atomic E-state index is -0.107. The first kappa shape index (κ1) is 16.7. The number of nitrogens with zero attached hydrogens (tertiary/aromatic N) is 4. The Bertz CT molecular complexity index is 627. The van der Waals surface area contributed by atoms with Gasteiger partial charge in [-0.3, -0.25) is 4.68 Å². The number of fused-ring (bicyclic) bond motifs is 1. The van der Waals surface area contributed by atoms with Gasteiger partial charge in [0.05, 0.1) is 11.1 Å². The molecule has 4 nitrogen and oxygen atoms in total. The van der Waals surface area contributed by atoms with Gasteiger partial charge < -0.3 is 4.57 Å². The molecular weight excluding hydrogens is 304 g/mol. The molecule has 0 radical (unpaired) electrons. The Hall–Kier alpha value is -0.680. The van der Waals surface area contributed by atoms with Crippen LogP contribution in [0.25, 0.3) is 11.2 Å². The van der Waals surface area contributed by atoms with Crippen LogP contribution in [0.3, 0.4) is 0 Å². The van der Waals surface area contributed by atoms with Gasteiger partial charge in [0, 0.05) is 18.3 Å². The average Bonchev–Trinajstić information content (AvgIpc) is 2.90. The fourth-order valence-electron chi connectivity index (χ4n) is 2.57. The normalized spacial score (nSPS) is 14.0. The Kier molecular flexibility index (Phi) is 4.93. The lowest BCUT2D eigenvalue weighted by molar-refractivity contribution is 0.546. The van der Waals surface area contributed by atoms with Gasteiger partial charge in [-0.15, -0.1) is 11.6 Å². The number of thioether (sulfide) groups is 1. The average molecular weight is 329 g/mol. The van der Waals surface area contributed by atoms with Crippen molar-refractivity contribution in [3.05, 3.63) is 11.5 Å². The van der Waals surface area contributed by atoms with Crippen LogP contribution in [0.2, 0.25) is 0 Å². The highest BCUT2D eigenvalue weighted by atomic mass is 35.5. The molecule has 2 aromatic heterocycles. The molecule has 0 aliphatic rings. The maximum Gasteiger partial charge on any atom is 0.158 e. The number of imidazole rings is 1. The molecule has 0 bridgehead atoms. The molecule has 0 saturated carbocycles. The van der Waals surface area contributed by atoms with Crippen LogP contribution in [0.1, 0.15) is 51.0 Å². The number of halogens is 1. The van der Waals surface area contributed by atoms with E-state index in [1.807, 2.05) is 30.4 Å². The molecule has 1 unspecified atom stereocenters. The maximum absolute atomic E-state index is 6.37. The summed E-state index contributed by atoms with van der Waals surface area (Å²) in [5.74, 6) is 0.944. The minimum Gasteiger partial charge on any atom is -0.310 e. The first-order valence-electron chi connectivity index (χ1n) is 7.42. The van der Waals surface area contributed by atoms with Crippen molar-refractivity contribution in [3.8, 4) is 0 Å². The van der Waals surface area contributed by atoms with Crippen LogP contribution in [-0.4, -0.2) is 30.3 Å². The Labute approximate surface area is 136 Å². The molecule has 0 N–H and O–H groups in total. The topological polar surface area (TPSA) is 35.6 Å². The highest BCUT2D eigenvalue weighted by Gasteiger charge is 2.26. The lowest BCUT2D eigenvalue weighted by Gasteiger charge is -2.24. The molecule has 2 rings (SSSR count). The first-order chi connectivity index (χ1) is 9.80. The lowest BCUT2D eigenvalue weighted by Crippen LogP contribution is -2.24. The summed E-state index contributed by atoms with van der Waals surface area (Å²) in [6.45, 7) is 9.52. The van der Waals surface area contributed by atoms with Gasteiger partial charge in [0.15, 0.2) is 5.65 Å². The van der Waals surface area contributed by atoms with Gasteiger partial charge in [-0.25, -0.2) is 4.98 Å². The molecule has 0 amide bonds. The predicted octanol–water partition coefficient (Wildman–Crippen LogP) is 4.16. The van der Waals surface area contributed by atoms with Gasteiger partial charge in [0.1, 0.15) is 11.3 Å². The zero-order valence-electron chi connectivity index (χ0n) is 13.8. The zero-order chi connectivity index (χ0) is 15.8. The standard InChI is InChI=1S/C15H25ClN4S/c1-7-8-11-12-14(19(5)18-11)20(9-15(3,4)21-6)13(17-12)10(2)16/h10H,7-9H2,1-6H3. The van der Waals surface area contributed by atoms with Crippen LogP contribution >= 0.6 is 23.4 Å². The summed E-state index contributed by atoms with van der Waals surface area (Å²) >= 11 is 8.23. The van der Waals surface area contributed by atoms with Crippen molar-refractivity contribution in [2.45, 2.75) is 57.2 Å². The van der Waals surface area contributed by atoms with E-state index in [9.17, 15) is 0 Å². The lowest BCUT2D eigenvalue weighted by atomic mass is 10.2. The molecule has 118 valence electrons. The van der Waals surface area contributed by atoms with E-state index in [1.54, 1.807) is 0 Å². The molecule has 0 aliphatic heterocycles. The molecule has 0 spiro atoms. The minimum absolute atomic E-state index is 0.107. The summed E-state index contributed by atoms with van der Waals surface area (Å²) in [4.78, 5) is 4.81. The van der Waals surface area contributed by atoms with Crippen LogP contribution in [-0.2, 0) is 20.0 Å². The second kappa shape index (κ2) is 6.21. The van der Waals surface area contributed by atoms with E-state index in [-0.39, 0.29) is 10.1 Å². The highest BCUT2D eigenvalue weighted by molar-refractivity contribution is 7.99. The van der Waals surface area contributed by atoms with Crippen molar-refractivity contribution < 1.29 is 0 Å². The van der Waals surface area contributed by atoms with Crippen LogP contribution in [0.15, 0.2) is 0 Å². The first-order valence-corrected chi connectivity index (χ1v) is 9.08. The van der Waals surface area contributed by atoms with E-state index in [1.165, 1.54) is 0 Å². The van der Waals surface area contributed by atoms with Crippen LogP contribution < -0.4 is 0 Å². The summed E-state index contributed by atoms with van der Waals surface area (Å²) in [6.07, 6.45) is 4.17. The fourth-order valence-corrected chi connectivity index (χ4v) is 2.99. The second-order valence-electron chi connectivity index (χ2n) is 6.13. The van der Waals surface area contributed by atoms with E-state index in [0.717, 1.165) is 42.1 Å².